The van der Waals surface area contributed by atoms with Crippen LogP contribution in [0.25, 0.3) is 16.7 Å². The van der Waals surface area contributed by atoms with Crippen molar-refractivity contribution in [2.45, 2.75) is 45.4 Å². The molecule has 29 heavy (non-hydrogen) atoms. The van der Waals surface area contributed by atoms with Gasteiger partial charge in [0.1, 0.15) is 11.9 Å². The summed E-state index contributed by atoms with van der Waals surface area (Å²) in [5.74, 6) is 0. The van der Waals surface area contributed by atoms with Crippen LogP contribution in [0.15, 0.2) is 41.3 Å². The number of aromatic amines is 1. The van der Waals surface area contributed by atoms with Crippen molar-refractivity contribution >= 4 is 11.0 Å². The van der Waals surface area contributed by atoms with E-state index in [4.69, 9.17) is 11.5 Å². The average Bonchev–Trinajstić information content (AvgIpc) is 3.07. The molecular formula is C21H31N7O. The number of benzene rings is 1. The van der Waals surface area contributed by atoms with Gasteiger partial charge in [0.2, 0.25) is 0 Å². The highest BCUT2D eigenvalue weighted by molar-refractivity contribution is 5.76. The average molecular weight is 398 g/mol. The number of H-pyrrole nitrogens is 1. The first kappa shape index (κ1) is 21.2. The van der Waals surface area contributed by atoms with Gasteiger partial charge in [-0.05, 0) is 43.3 Å². The molecule has 0 amide bonds. The molecule has 8 nitrogen and oxygen atoms in total. The first-order valence-electron chi connectivity index (χ1n) is 9.91. The van der Waals surface area contributed by atoms with Crippen molar-refractivity contribution in [3.63, 3.8) is 0 Å². The molecular weight excluding hydrogens is 366 g/mol. The summed E-state index contributed by atoms with van der Waals surface area (Å²) in [7, 11) is 0. The van der Waals surface area contributed by atoms with E-state index >= 15 is 0 Å². The molecule has 0 aliphatic rings. The highest BCUT2D eigenvalue weighted by Crippen LogP contribution is 2.24. The Morgan fingerprint density at radius 3 is 2.55 bits per heavy atom. The van der Waals surface area contributed by atoms with E-state index in [0.717, 1.165) is 48.4 Å². The highest BCUT2D eigenvalue weighted by Gasteiger charge is 2.17. The molecule has 3 aromatic rings. The summed E-state index contributed by atoms with van der Waals surface area (Å²) in [4.78, 5) is 20.0. The summed E-state index contributed by atoms with van der Waals surface area (Å²) < 4.78 is 1.58. The van der Waals surface area contributed by atoms with E-state index in [1.54, 1.807) is 4.57 Å². The van der Waals surface area contributed by atoms with Crippen LogP contribution < -0.4 is 27.8 Å². The molecule has 0 aliphatic carbocycles. The van der Waals surface area contributed by atoms with E-state index in [9.17, 15) is 4.79 Å². The summed E-state index contributed by atoms with van der Waals surface area (Å²) in [6.45, 7) is 8.78. The fraction of sp³-hybridized carbons (Fsp3) is 0.429. The Hall–Kier alpha value is -2.52. The fourth-order valence-electron chi connectivity index (χ4n) is 3.07. The van der Waals surface area contributed by atoms with E-state index in [1.165, 1.54) is 0 Å². The van der Waals surface area contributed by atoms with Gasteiger partial charge in [0.25, 0.3) is 0 Å². The Kier molecular flexibility index (Phi) is 6.49. The molecule has 156 valence electrons. The normalized spacial score (nSPS) is 12.2. The molecule has 3 rings (SSSR count). The maximum atomic E-state index is 12.5. The van der Waals surface area contributed by atoms with Crippen LogP contribution in [-0.2, 0) is 12.0 Å². The van der Waals surface area contributed by atoms with Gasteiger partial charge in [-0.25, -0.2) is 4.79 Å². The summed E-state index contributed by atoms with van der Waals surface area (Å²) in [5, 5.41) is 7.28. The minimum Gasteiger partial charge on any atom is -0.343 e. The van der Waals surface area contributed by atoms with E-state index in [-0.39, 0.29) is 11.1 Å². The Bertz CT molecular complexity index is 997. The summed E-state index contributed by atoms with van der Waals surface area (Å²) in [5.41, 5.74) is 14.2. The molecule has 0 aliphatic heterocycles. The molecule has 0 saturated heterocycles. The molecule has 7 N–H and O–H groups in total. The van der Waals surface area contributed by atoms with E-state index < -0.39 is 6.29 Å². The Labute approximate surface area is 170 Å². The zero-order valence-electron chi connectivity index (χ0n) is 17.3. The first-order chi connectivity index (χ1) is 13.7. The standard InChI is InChI=1S/C21H31N7O/c1-21(2,3)17-11-15-13-28(20(29)27-18(15)26-17)16-7-5-14(6-8-16)12-24-9-4-10-25-19(22)23/h5-8,11,13,19,24-25H,4,9-10,12,22-23H2,1-3H3,(H,26,27,29). The van der Waals surface area contributed by atoms with Crippen LogP contribution in [0.2, 0.25) is 0 Å². The van der Waals surface area contributed by atoms with E-state index in [2.05, 4.69) is 47.4 Å². The van der Waals surface area contributed by atoms with Crippen molar-refractivity contribution in [3.8, 4) is 5.69 Å². The third-order valence-electron chi connectivity index (χ3n) is 4.77. The number of rotatable bonds is 8. The molecule has 0 bridgehead atoms. The largest absolute Gasteiger partial charge is 0.354 e. The maximum Gasteiger partial charge on any atom is 0.354 e. The van der Waals surface area contributed by atoms with Crippen LogP contribution in [0.5, 0.6) is 0 Å². The summed E-state index contributed by atoms with van der Waals surface area (Å²) in [6.07, 6.45) is 2.32. The van der Waals surface area contributed by atoms with Crippen molar-refractivity contribution < 1.29 is 0 Å². The van der Waals surface area contributed by atoms with E-state index in [0.29, 0.717) is 5.65 Å². The summed E-state index contributed by atoms with van der Waals surface area (Å²) >= 11 is 0. The third kappa shape index (κ3) is 5.51. The van der Waals surface area contributed by atoms with Gasteiger partial charge in [0.15, 0.2) is 0 Å². The van der Waals surface area contributed by atoms with Crippen molar-refractivity contribution in [3.05, 3.63) is 58.3 Å². The number of hydrogen-bond acceptors (Lipinski definition) is 6. The van der Waals surface area contributed by atoms with Crippen LogP contribution >= 0.6 is 0 Å². The number of fused-ring (bicyclic) bond motifs is 1. The van der Waals surface area contributed by atoms with Gasteiger partial charge in [-0.15, -0.1) is 0 Å². The fourth-order valence-corrected chi connectivity index (χ4v) is 3.07. The molecule has 0 radical (unpaired) electrons. The Balaban J connectivity index is 1.67. The van der Waals surface area contributed by atoms with Crippen LogP contribution in [0.3, 0.4) is 0 Å². The molecule has 8 heteroatoms. The number of aromatic nitrogens is 3. The zero-order valence-corrected chi connectivity index (χ0v) is 17.3. The zero-order chi connectivity index (χ0) is 21.0. The highest BCUT2D eigenvalue weighted by atomic mass is 16.1. The number of nitrogens with one attached hydrogen (secondary N) is 3. The van der Waals surface area contributed by atoms with Gasteiger partial charge in [-0.1, -0.05) is 32.9 Å². The van der Waals surface area contributed by atoms with Crippen molar-refractivity contribution in [2.24, 2.45) is 11.5 Å². The van der Waals surface area contributed by atoms with Crippen molar-refractivity contribution in [1.82, 2.24) is 25.2 Å². The lowest BCUT2D eigenvalue weighted by Crippen LogP contribution is -2.45. The van der Waals surface area contributed by atoms with Crippen LogP contribution in [0.1, 0.15) is 38.4 Å². The molecule has 0 atom stereocenters. The maximum absolute atomic E-state index is 12.5. The molecule has 1 aromatic carbocycles. The molecule has 2 heterocycles. The quantitative estimate of drug-likeness (QED) is 0.288. The monoisotopic (exact) mass is 397 g/mol. The van der Waals surface area contributed by atoms with Gasteiger partial charge in [0.05, 0.1) is 5.69 Å². The predicted molar refractivity (Wildman–Crippen MR) is 117 cm³/mol. The number of nitrogens with two attached hydrogens (primary N) is 2. The number of nitrogens with zero attached hydrogens (tertiary/aromatic N) is 2. The predicted octanol–water partition coefficient (Wildman–Crippen LogP) is 1.28. The number of hydrogen-bond donors (Lipinski definition) is 5. The lowest BCUT2D eigenvalue weighted by molar-refractivity contribution is 0.519. The SMILES string of the molecule is CC(C)(C)c1cc2cn(-c3ccc(CNCCCNC(N)N)cc3)c(=O)nc2[nH]1. The molecule has 0 spiro atoms. The van der Waals surface area contributed by atoms with Crippen molar-refractivity contribution in [1.29, 1.82) is 0 Å². The molecule has 0 unspecified atom stereocenters. The second-order valence-corrected chi connectivity index (χ2v) is 8.31. The first-order valence-corrected chi connectivity index (χ1v) is 9.91. The molecule has 2 aromatic heterocycles. The second kappa shape index (κ2) is 8.87. The van der Waals surface area contributed by atoms with E-state index in [1.807, 2.05) is 30.5 Å². The van der Waals surface area contributed by atoms with Gasteiger partial charge in [-0.3, -0.25) is 9.88 Å². The lowest BCUT2D eigenvalue weighted by atomic mass is 9.92. The van der Waals surface area contributed by atoms with Gasteiger partial charge in [-0.2, -0.15) is 4.98 Å². The lowest BCUT2D eigenvalue weighted by Gasteiger charge is -2.15. The Morgan fingerprint density at radius 1 is 1.17 bits per heavy atom. The van der Waals surface area contributed by atoms with Crippen LogP contribution in [0, 0.1) is 0 Å². The van der Waals surface area contributed by atoms with Gasteiger partial charge >= 0.3 is 5.69 Å². The minimum atomic E-state index is -0.467. The molecule has 0 fully saturated rings. The third-order valence-corrected chi connectivity index (χ3v) is 4.77. The van der Waals surface area contributed by atoms with Crippen LogP contribution in [0.4, 0.5) is 0 Å². The second-order valence-electron chi connectivity index (χ2n) is 8.31. The van der Waals surface area contributed by atoms with Gasteiger partial charge < -0.3 is 21.8 Å². The van der Waals surface area contributed by atoms with Gasteiger partial charge in [0, 0.05) is 29.2 Å². The van der Waals surface area contributed by atoms with Crippen molar-refractivity contribution in [2.75, 3.05) is 13.1 Å². The topological polar surface area (TPSA) is 127 Å². The summed E-state index contributed by atoms with van der Waals surface area (Å²) in [6, 6.07) is 9.98. The molecule has 0 saturated carbocycles. The van der Waals surface area contributed by atoms with Crippen LogP contribution in [-0.4, -0.2) is 33.9 Å². The smallest absolute Gasteiger partial charge is 0.343 e. The minimum absolute atomic E-state index is 0.0321. The Morgan fingerprint density at radius 2 is 1.90 bits per heavy atom.